The Hall–Kier alpha value is -2.66. The van der Waals surface area contributed by atoms with Crippen molar-refractivity contribution in [3.63, 3.8) is 0 Å². The highest BCUT2D eigenvalue weighted by Gasteiger charge is 2.07. The van der Waals surface area contributed by atoms with Gasteiger partial charge in [0, 0.05) is 16.8 Å². The average Bonchev–Trinajstić information content (AvgIpc) is 2.56. The van der Waals surface area contributed by atoms with Crippen LogP contribution in [0.3, 0.4) is 0 Å². The van der Waals surface area contributed by atoms with Crippen molar-refractivity contribution in [1.29, 1.82) is 0 Å². The van der Waals surface area contributed by atoms with Gasteiger partial charge in [0.25, 0.3) is 0 Å². The lowest BCUT2D eigenvalue weighted by Crippen LogP contribution is -2.09. The number of halogens is 1. The van der Waals surface area contributed by atoms with E-state index >= 15 is 0 Å². The second kappa shape index (κ2) is 7.07. The number of anilines is 3. The van der Waals surface area contributed by atoms with Crippen molar-refractivity contribution in [1.82, 2.24) is 15.2 Å². The van der Waals surface area contributed by atoms with Gasteiger partial charge in [0.1, 0.15) is 0 Å². The highest BCUT2D eigenvalue weighted by Crippen LogP contribution is 2.20. The molecule has 3 rings (SSSR count). The minimum absolute atomic E-state index is 0.118. The maximum Gasteiger partial charge on any atom is 0.249 e. The molecule has 1 heterocycles. The molecule has 0 aliphatic carbocycles. The summed E-state index contributed by atoms with van der Waals surface area (Å²) >= 11 is 5.97. The van der Waals surface area contributed by atoms with Crippen LogP contribution in [-0.4, -0.2) is 15.2 Å². The van der Waals surface area contributed by atoms with Gasteiger partial charge in [-0.15, -0.1) is 5.10 Å². The Morgan fingerprint density at radius 2 is 1.87 bits per heavy atom. The number of rotatable bonds is 5. The third-order valence-corrected chi connectivity index (χ3v) is 3.54. The molecule has 6 heteroatoms. The van der Waals surface area contributed by atoms with Crippen LogP contribution < -0.4 is 10.6 Å². The van der Waals surface area contributed by atoms with Crippen LogP contribution in [0.25, 0.3) is 0 Å². The third kappa shape index (κ3) is 4.17. The number of benzene rings is 2. The maximum atomic E-state index is 5.97. The van der Waals surface area contributed by atoms with E-state index in [-0.39, 0.29) is 6.04 Å². The summed E-state index contributed by atoms with van der Waals surface area (Å²) in [6, 6.07) is 17.6. The van der Waals surface area contributed by atoms with Crippen LogP contribution in [0.15, 0.2) is 60.8 Å². The van der Waals surface area contributed by atoms with Crippen LogP contribution in [0.2, 0.25) is 5.02 Å². The Labute approximate surface area is 139 Å². The van der Waals surface area contributed by atoms with E-state index in [1.165, 1.54) is 5.56 Å². The van der Waals surface area contributed by atoms with E-state index in [0.717, 1.165) is 5.69 Å². The van der Waals surface area contributed by atoms with Crippen molar-refractivity contribution < 1.29 is 0 Å². The smallest absolute Gasteiger partial charge is 0.249 e. The molecule has 2 aromatic carbocycles. The van der Waals surface area contributed by atoms with Crippen molar-refractivity contribution in [2.24, 2.45) is 0 Å². The first kappa shape index (κ1) is 15.2. The summed E-state index contributed by atoms with van der Waals surface area (Å²) in [7, 11) is 0. The van der Waals surface area contributed by atoms with Crippen molar-refractivity contribution in [2.75, 3.05) is 10.6 Å². The van der Waals surface area contributed by atoms with E-state index < -0.39 is 0 Å². The van der Waals surface area contributed by atoms with Gasteiger partial charge in [0.15, 0.2) is 5.82 Å². The molecule has 5 nitrogen and oxygen atoms in total. The number of nitrogens with zero attached hydrogens (tertiary/aromatic N) is 3. The maximum absolute atomic E-state index is 5.97. The SMILES string of the molecule is CC(Nc1cnnc(Nc2cccc(Cl)c2)n1)c1ccccc1. The molecular weight excluding hydrogens is 310 g/mol. The summed E-state index contributed by atoms with van der Waals surface area (Å²) in [6.45, 7) is 2.07. The van der Waals surface area contributed by atoms with Crippen LogP contribution in [0, 0.1) is 0 Å². The first-order chi connectivity index (χ1) is 11.2. The summed E-state index contributed by atoms with van der Waals surface area (Å²) < 4.78 is 0. The van der Waals surface area contributed by atoms with Crippen LogP contribution in [-0.2, 0) is 0 Å². The standard InChI is InChI=1S/C17H16ClN5/c1-12(13-6-3-2-4-7-13)20-16-11-19-23-17(22-16)21-15-9-5-8-14(18)10-15/h2-12H,1H3,(H2,20,21,22,23). The van der Waals surface area contributed by atoms with E-state index in [0.29, 0.717) is 16.8 Å². The monoisotopic (exact) mass is 325 g/mol. The fourth-order valence-corrected chi connectivity index (χ4v) is 2.36. The van der Waals surface area contributed by atoms with E-state index in [4.69, 9.17) is 11.6 Å². The lowest BCUT2D eigenvalue weighted by molar-refractivity contribution is 0.861. The van der Waals surface area contributed by atoms with Crippen molar-refractivity contribution >= 4 is 29.1 Å². The molecule has 0 bridgehead atoms. The van der Waals surface area contributed by atoms with E-state index in [2.05, 4.69) is 44.9 Å². The Kier molecular flexibility index (Phi) is 4.68. The Morgan fingerprint density at radius 1 is 1.04 bits per heavy atom. The molecule has 0 saturated carbocycles. The zero-order valence-electron chi connectivity index (χ0n) is 12.6. The minimum atomic E-state index is 0.118. The molecule has 1 unspecified atom stereocenters. The minimum Gasteiger partial charge on any atom is -0.362 e. The van der Waals surface area contributed by atoms with Crippen molar-refractivity contribution in [3.05, 3.63) is 71.4 Å². The molecule has 23 heavy (non-hydrogen) atoms. The molecular formula is C17H16ClN5. The van der Waals surface area contributed by atoms with Gasteiger partial charge in [-0.2, -0.15) is 10.1 Å². The van der Waals surface area contributed by atoms with E-state index in [1.54, 1.807) is 12.3 Å². The molecule has 0 aliphatic heterocycles. The second-order valence-electron chi connectivity index (χ2n) is 5.08. The number of nitrogens with one attached hydrogen (secondary N) is 2. The van der Waals surface area contributed by atoms with Gasteiger partial charge in [0.2, 0.25) is 5.95 Å². The average molecular weight is 326 g/mol. The van der Waals surface area contributed by atoms with Crippen LogP contribution in [0.4, 0.5) is 17.5 Å². The van der Waals surface area contributed by atoms with Crippen LogP contribution in [0.1, 0.15) is 18.5 Å². The molecule has 0 aliphatic rings. The van der Waals surface area contributed by atoms with E-state index in [1.807, 2.05) is 36.4 Å². The second-order valence-corrected chi connectivity index (χ2v) is 5.51. The van der Waals surface area contributed by atoms with Crippen LogP contribution in [0.5, 0.6) is 0 Å². The lowest BCUT2D eigenvalue weighted by Gasteiger charge is -2.15. The Balaban J connectivity index is 1.72. The fraction of sp³-hybridized carbons (Fsp3) is 0.118. The van der Waals surface area contributed by atoms with Crippen molar-refractivity contribution in [3.8, 4) is 0 Å². The number of hydrogen-bond acceptors (Lipinski definition) is 5. The molecule has 0 amide bonds. The molecule has 1 atom stereocenters. The molecule has 1 aromatic heterocycles. The largest absolute Gasteiger partial charge is 0.362 e. The van der Waals surface area contributed by atoms with Gasteiger partial charge < -0.3 is 10.6 Å². The van der Waals surface area contributed by atoms with E-state index in [9.17, 15) is 0 Å². The van der Waals surface area contributed by atoms with Gasteiger partial charge in [-0.05, 0) is 30.7 Å². The Bertz CT molecular complexity index is 779. The third-order valence-electron chi connectivity index (χ3n) is 3.30. The van der Waals surface area contributed by atoms with Crippen molar-refractivity contribution in [2.45, 2.75) is 13.0 Å². The first-order valence-electron chi connectivity index (χ1n) is 7.24. The molecule has 3 aromatic rings. The lowest BCUT2D eigenvalue weighted by atomic mass is 10.1. The summed E-state index contributed by atoms with van der Waals surface area (Å²) in [5.41, 5.74) is 1.99. The highest BCUT2D eigenvalue weighted by atomic mass is 35.5. The summed E-state index contributed by atoms with van der Waals surface area (Å²) in [6.07, 6.45) is 1.60. The highest BCUT2D eigenvalue weighted by molar-refractivity contribution is 6.30. The number of aromatic nitrogens is 3. The zero-order chi connectivity index (χ0) is 16.1. The summed E-state index contributed by atoms with van der Waals surface area (Å²) in [5, 5.41) is 15.0. The molecule has 0 fully saturated rings. The molecule has 0 spiro atoms. The quantitative estimate of drug-likeness (QED) is 0.726. The van der Waals surface area contributed by atoms with Gasteiger partial charge in [0.05, 0.1) is 6.20 Å². The predicted molar refractivity (Wildman–Crippen MR) is 93.0 cm³/mol. The van der Waals surface area contributed by atoms with Crippen LogP contribution >= 0.6 is 11.6 Å². The van der Waals surface area contributed by atoms with Gasteiger partial charge >= 0.3 is 0 Å². The van der Waals surface area contributed by atoms with Gasteiger partial charge in [-0.3, -0.25) is 0 Å². The number of hydrogen-bond donors (Lipinski definition) is 2. The molecule has 116 valence electrons. The first-order valence-corrected chi connectivity index (χ1v) is 7.62. The molecule has 0 saturated heterocycles. The summed E-state index contributed by atoms with van der Waals surface area (Å²) in [5.74, 6) is 1.07. The summed E-state index contributed by atoms with van der Waals surface area (Å²) in [4.78, 5) is 4.42. The zero-order valence-corrected chi connectivity index (χ0v) is 13.3. The fourth-order valence-electron chi connectivity index (χ4n) is 2.17. The Morgan fingerprint density at radius 3 is 2.65 bits per heavy atom. The normalized spacial score (nSPS) is 11.7. The molecule has 0 radical (unpaired) electrons. The topological polar surface area (TPSA) is 62.7 Å². The van der Waals surface area contributed by atoms with Gasteiger partial charge in [-0.25, -0.2) is 0 Å². The van der Waals surface area contributed by atoms with Gasteiger partial charge in [-0.1, -0.05) is 48.0 Å². The molecule has 2 N–H and O–H groups in total. The predicted octanol–water partition coefficient (Wildman–Crippen LogP) is 4.44.